The van der Waals surface area contributed by atoms with Crippen LogP contribution in [0.4, 0.5) is 0 Å². The van der Waals surface area contributed by atoms with Crippen molar-refractivity contribution in [3.05, 3.63) is 6.42 Å². The molecule has 1 radical (unpaired) electrons. The van der Waals surface area contributed by atoms with Gasteiger partial charge >= 0.3 is 0 Å². The summed E-state index contributed by atoms with van der Waals surface area (Å²) in [5.74, 6) is 0. The Morgan fingerprint density at radius 3 is 2.62 bits per heavy atom. The van der Waals surface area contributed by atoms with Gasteiger partial charge in [-0.05, 0) is 19.3 Å². The quantitative estimate of drug-likeness (QED) is 0.557. The zero-order valence-electron chi connectivity index (χ0n) is 5.17. The average molecular weight is 117 g/mol. The zero-order chi connectivity index (χ0) is 6.41. The number of hydrogen-bond acceptors (Lipinski definition) is 2. The molecule has 1 atom stereocenters. The number of rotatable bonds is 4. The molecule has 2 heteroatoms. The lowest BCUT2D eigenvalue weighted by molar-refractivity contribution is 0.189. The van der Waals surface area contributed by atoms with Gasteiger partial charge in [-0.3, -0.25) is 0 Å². The van der Waals surface area contributed by atoms with E-state index in [1.54, 1.807) is 6.42 Å². The molecule has 0 saturated heterocycles. The molecule has 2 N–H and O–H groups in total. The highest BCUT2D eigenvalue weighted by Crippen LogP contribution is 1.97. The second-order valence-corrected chi connectivity index (χ2v) is 1.72. The van der Waals surface area contributed by atoms with E-state index < -0.39 is 0 Å². The smallest absolute Gasteiger partial charge is 0.0570 e. The summed E-state index contributed by atoms with van der Waals surface area (Å²) < 4.78 is 0. The lowest BCUT2D eigenvalue weighted by Gasteiger charge is -2.02. The van der Waals surface area contributed by atoms with Crippen LogP contribution in [0.15, 0.2) is 0 Å². The Bertz CT molecular complexity index is 45.8. The summed E-state index contributed by atoms with van der Waals surface area (Å²) in [6.45, 7) is 2.04. The van der Waals surface area contributed by atoms with Crippen LogP contribution in [-0.2, 0) is 0 Å². The zero-order valence-corrected chi connectivity index (χ0v) is 5.17. The van der Waals surface area contributed by atoms with Crippen molar-refractivity contribution in [2.75, 3.05) is 6.61 Å². The minimum atomic E-state index is -0.331. The summed E-state index contributed by atoms with van der Waals surface area (Å²) in [7, 11) is 0. The second kappa shape index (κ2) is 5.06. The number of aliphatic hydroxyl groups is 2. The molecule has 8 heavy (non-hydrogen) atoms. The van der Waals surface area contributed by atoms with Crippen LogP contribution in [0, 0.1) is 6.42 Å². The first kappa shape index (κ1) is 7.92. The SMILES string of the molecule is CCC(O)[CH]CCO. The topological polar surface area (TPSA) is 40.5 Å². The lowest BCUT2D eigenvalue weighted by Crippen LogP contribution is -2.05. The molecule has 49 valence electrons. The van der Waals surface area contributed by atoms with Crippen molar-refractivity contribution in [2.45, 2.75) is 25.9 Å². The fourth-order valence-corrected chi connectivity index (χ4v) is 0.434. The summed E-state index contributed by atoms with van der Waals surface area (Å²) in [6, 6.07) is 0. The predicted molar refractivity (Wildman–Crippen MR) is 32.3 cm³/mol. The molecule has 0 aliphatic heterocycles. The van der Waals surface area contributed by atoms with E-state index in [1.165, 1.54) is 0 Å². The van der Waals surface area contributed by atoms with Gasteiger partial charge in [0, 0.05) is 6.61 Å². The third-order valence-corrected chi connectivity index (χ3v) is 0.986. The highest BCUT2D eigenvalue weighted by Gasteiger charge is 1.97. The van der Waals surface area contributed by atoms with E-state index in [2.05, 4.69) is 0 Å². The molecular weight excluding hydrogens is 104 g/mol. The van der Waals surface area contributed by atoms with Crippen LogP contribution in [0.2, 0.25) is 0 Å². The van der Waals surface area contributed by atoms with E-state index >= 15 is 0 Å². The highest BCUT2D eigenvalue weighted by molar-refractivity contribution is 4.72. The molecule has 0 aromatic rings. The van der Waals surface area contributed by atoms with Crippen molar-refractivity contribution in [1.82, 2.24) is 0 Å². The van der Waals surface area contributed by atoms with Crippen LogP contribution in [-0.4, -0.2) is 22.9 Å². The van der Waals surface area contributed by atoms with Crippen LogP contribution in [0.25, 0.3) is 0 Å². The number of aliphatic hydroxyl groups excluding tert-OH is 2. The molecule has 0 amide bonds. The van der Waals surface area contributed by atoms with Crippen molar-refractivity contribution in [2.24, 2.45) is 0 Å². The first-order valence-electron chi connectivity index (χ1n) is 2.93. The monoisotopic (exact) mass is 117 g/mol. The van der Waals surface area contributed by atoms with Crippen molar-refractivity contribution in [3.63, 3.8) is 0 Å². The van der Waals surface area contributed by atoms with Gasteiger partial charge in [0.1, 0.15) is 0 Å². The van der Waals surface area contributed by atoms with E-state index in [1.807, 2.05) is 6.92 Å². The Kier molecular flexibility index (Phi) is 5.01. The Balaban J connectivity index is 2.86. The van der Waals surface area contributed by atoms with E-state index in [0.29, 0.717) is 6.42 Å². The predicted octanol–water partition coefficient (Wildman–Crippen LogP) is 0.344. The Hall–Kier alpha value is -0.0800. The van der Waals surface area contributed by atoms with Gasteiger partial charge in [0.05, 0.1) is 6.10 Å². The molecular formula is C6H13O2. The average Bonchev–Trinajstić information content (AvgIpc) is 1.83. The van der Waals surface area contributed by atoms with Crippen molar-refractivity contribution < 1.29 is 10.2 Å². The summed E-state index contributed by atoms with van der Waals surface area (Å²) in [4.78, 5) is 0. The van der Waals surface area contributed by atoms with Gasteiger partial charge < -0.3 is 10.2 Å². The molecule has 0 aromatic carbocycles. The summed E-state index contributed by atoms with van der Waals surface area (Å²) in [5, 5.41) is 17.1. The molecule has 0 heterocycles. The molecule has 0 aliphatic carbocycles. The Morgan fingerprint density at radius 2 is 2.25 bits per heavy atom. The van der Waals surface area contributed by atoms with Crippen LogP contribution in [0.1, 0.15) is 19.8 Å². The van der Waals surface area contributed by atoms with Crippen LogP contribution in [0.3, 0.4) is 0 Å². The van der Waals surface area contributed by atoms with Gasteiger partial charge in [-0.1, -0.05) is 6.92 Å². The molecule has 0 rings (SSSR count). The van der Waals surface area contributed by atoms with Gasteiger partial charge in [0.15, 0.2) is 0 Å². The first-order valence-corrected chi connectivity index (χ1v) is 2.93. The molecule has 2 nitrogen and oxygen atoms in total. The van der Waals surface area contributed by atoms with E-state index in [4.69, 9.17) is 10.2 Å². The minimum Gasteiger partial charge on any atom is -0.396 e. The van der Waals surface area contributed by atoms with Crippen molar-refractivity contribution >= 4 is 0 Å². The minimum absolute atomic E-state index is 0.136. The lowest BCUT2D eigenvalue weighted by atomic mass is 10.2. The van der Waals surface area contributed by atoms with E-state index in [0.717, 1.165) is 6.42 Å². The van der Waals surface area contributed by atoms with Crippen molar-refractivity contribution in [3.8, 4) is 0 Å². The molecule has 0 aliphatic rings. The summed E-state index contributed by atoms with van der Waals surface area (Å²) in [6.07, 6.45) is 2.71. The van der Waals surface area contributed by atoms with Gasteiger partial charge in [0.2, 0.25) is 0 Å². The standard InChI is InChI=1S/C6H13O2/c1-2-6(8)4-3-5-7/h4,6-8H,2-3,5H2,1H3. The van der Waals surface area contributed by atoms with Gasteiger partial charge in [-0.15, -0.1) is 0 Å². The van der Waals surface area contributed by atoms with Crippen LogP contribution >= 0.6 is 0 Å². The Labute approximate surface area is 50.2 Å². The number of hydrogen-bond donors (Lipinski definition) is 2. The maximum Gasteiger partial charge on any atom is 0.0570 e. The molecule has 0 aromatic heterocycles. The molecule has 1 unspecified atom stereocenters. The molecule has 0 bridgehead atoms. The first-order chi connectivity index (χ1) is 3.81. The van der Waals surface area contributed by atoms with Crippen molar-refractivity contribution in [1.29, 1.82) is 0 Å². The van der Waals surface area contributed by atoms with Crippen LogP contribution in [0.5, 0.6) is 0 Å². The molecule has 0 spiro atoms. The fraction of sp³-hybridized carbons (Fsp3) is 0.833. The third kappa shape index (κ3) is 4.09. The van der Waals surface area contributed by atoms with Crippen LogP contribution < -0.4 is 0 Å². The van der Waals surface area contributed by atoms with E-state index in [9.17, 15) is 0 Å². The molecule has 0 fully saturated rings. The third-order valence-electron chi connectivity index (χ3n) is 0.986. The molecule has 0 saturated carbocycles. The van der Waals surface area contributed by atoms with E-state index in [-0.39, 0.29) is 12.7 Å². The Morgan fingerprint density at radius 1 is 1.62 bits per heavy atom. The maximum absolute atomic E-state index is 8.82. The summed E-state index contributed by atoms with van der Waals surface area (Å²) >= 11 is 0. The largest absolute Gasteiger partial charge is 0.396 e. The second-order valence-electron chi connectivity index (χ2n) is 1.72. The van der Waals surface area contributed by atoms with Gasteiger partial charge in [-0.25, -0.2) is 0 Å². The van der Waals surface area contributed by atoms with Gasteiger partial charge in [0.25, 0.3) is 0 Å². The maximum atomic E-state index is 8.82. The fourth-order valence-electron chi connectivity index (χ4n) is 0.434. The normalized spacial score (nSPS) is 13.9. The highest BCUT2D eigenvalue weighted by atomic mass is 16.3. The summed E-state index contributed by atoms with van der Waals surface area (Å²) in [5.41, 5.74) is 0. The van der Waals surface area contributed by atoms with Gasteiger partial charge in [-0.2, -0.15) is 0 Å².